The van der Waals surface area contributed by atoms with Crippen molar-refractivity contribution in [3.05, 3.63) is 29.8 Å². The number of ether oxygens (including phenoxy) is 1. The maximum Gasteiger partial charge on any atom is 0.271 e. The van der Waals surface area contributed by atoms with E-state index in [4.69, 9.17) is 4.74 Å². The van der Waals surface area contributed by atoms with Crippen molar-refractivity contribution < 1.29 is 9.53 Å². The zero-order chi connectivity index (χ0) is 14.3. The first kappa shape index (κ1) is 15.2. The fourth-order valence-corrected chi connectivity index (χ4v) is 1.67. The van der Waals surface area contributed by atoms with Crippen LogP contribution in [0.2, 0.25) is 0 Å². The minimum Gasteiger partial charge on any atom is -0.494 e. The highest BCUT2D eigenvalue weighted by Gasteiger charge is 2.07. The van der Waals surface area contributed by atoms with Gasteiger partial charge < -0.3 is 4.74 Å². The van der Waals surface area contributed by atoms with Crippen molar-refractivity contribution in [1.82, 2.24) is 5.43 Å². The van der Waals surface area contributed by atoms with Crippen LogP contribution in [-0.2, 0) is 0 Å². The number of hydrazone groups is 1. The molecule has 4 nitrogen and oxygen atoms in total. The molecule has 0 heterocycles. The van der Waals surface area contributed by atoms with Crippen LogP contribution in [0.4, 0.5) is 0 Å². The molecule has 0 aliphatic rings. The van der Waals surface area contributed by atoms with Gasteiger partial charge in [0.05, 0.1) is 6.61 Å². The predicted molar refractivity (Wildman–Crippen MR) is 77.6 cm³/mol. The number of carbonyl (C=O) groups is 1. The largest absolute Gasteiger partial charge is 0.494 e. The van der Waals surface area contributed by atoms with Crippen molar-refractivity contribution >= 4 is 11.6 Å². The molecule has 1 aromatic rings. The van der Waals surface area contributed by atoms with Crippen molar-refractivity contribution in [2.75, 3.05) is 6.61 Å². The van der Waals surface area contributed by atoms with Gasteiger partial charge in [0.1, 0.15) is 5.75 Å². The summed E-state index contributed by atoms with van der Waals surface area (Å²) in [7, 11) is 0. The predicted octanol–water partition coefficient (Wildman–Crippen LogP) is 3.24. The van der Waals surface area contributed by atoms with Crippen LogP contribution in [-0.4, -0.2) is 18.2 Å². The van der Waals surface area contributed by atoms with Crippen molar-refractivity contribution in [2.24, 2.45) is 11.0 Å². The Morgan fingerprint density at radius 1 is 1.26 bits per heavy atom. The van der Waals surface area contributed by atoms with Gasteiger partial charge in [-0.25, -0.2) is 5.43 Å². The molecule has 0 radical (unpaired) electrons. The van der Waals surface area contributed by atoms with Crippen LogP contribution in [0.3, 0.4) is 0 Å². The Bertz CT molecular complexity index is 436. The lowest BCUT2D eigenvalue weighted by Crippen LogP contribution is -2.21. The van der Waals surface area contributed by atoms with Crippen molar-refractivity contribution in [1.29, 1.82) is 0 Å². The van der Waals surface area contributed by atoms with Crippen LogP contribution in [0, 0.1) is 5.92 Å². The maximum absolute atomic E-state index is 11.9. The lowest BCUT2D eigenvalue weighted by molar-refractivity contribution is 0.0954. The van der Waals surface area contributed by atoms with E-state index in [0.717, 1.165) is 17.9 Å². The fraction of sp³-hybridized carbons (Fsp3) is 0.467. The van der Waals surface area contributed by atoms with Gasteiger partial charge in [0, 0.05) is 11.3 Å². The van der Waals surface area contributed by atoms with Gasteiger partial charge in [-0.3, -0.25) is 4.79 Å². The number of carbonyl (C=O) groups excluding carboxylic acids is 1. The molecule has 0 bridgehead atoms. The Kier molecular flexibility index (Phi) is 6.06. The van der Waals surface area contributed by atoms with E-state index < -0.39 is 0 Å². The summed E-state index contributed by atoms with van der Waals surface area (Å²) in [5.41, 5.74) is 4.15. The first-order valence-corrected chi connectivity index (χ1v) is 6.68. The molecule has 0 saturated heterocycles. The number of hydrogen-bond acceptors (Lipinski definition) is 3. The molecule has 1 N–H and O–H groups in total. The first-order chi connectivity index (χ1) is 9.08. The Labute approximate surface area is 114 Å². The second-order valence-electron chi connectivity index (χ2n) is 4.51. The third-order valence-electron chi connectivity index (χ3n) is 2.76. The summed E-state index contributed by atoms with van der Waals surface area (Å²) < 4.78 is 5.33. The highest BCUT2D eigenvalue weighted by Crippen LogP contribution is 2.12. The van der Waals surface area contributed by atoms with Gasteiger partial charge in [-0.05, 0) is 43.5 Å². The average Bonchev–Trinajstić information content (AvgIpc) is 2.40. The second-order valence-corrected chi connectivity index (χ2v) is 4.51. The molecule has 0 aromatic heterocycles. The van der Waals surface area contributed by atoms with Crippen LogP contribution in [0.15, 0.2) is 29.4 Å². The molecular formula is C15H22N2O2. The Morgan fingerprint density at radius 2 is 1.89 bits per heavy atom. The molecule has 104 valence electrons. The SMILES string of the molecule is CCOc1ccc(C(=O)N/N=C(/CC)C(C)C)cc1. The zero-order valence-corrected chi connectivity index (χ0v) is 12.1. The quantitative estimate of drug-likeness (QED) is 0.632. The molecule has 0 saturated carbocycles. The minimum absolute atomic E-state index is 0.199. The summed E-state index contributed by atoms with van der Waals surface area (Å²) in [6, 6.07) is 7.03. The zero-order valence-electron chi connectivity index (χ0n) is 12.1. The van der Waals surface area contributed by atoms with E-state index in [9.17, 15) is 4.79 Å². The van der Waals surface area contributed by atoms with Gasteiger partial charge in [-0.15, -0.1) is 0 Å². The third kappa shape index (κ3) is 4.73. The molecule has 1 aromatic carbocycles. The van der Waals surface area contributed by atoms with Gasteiger partial charge in [0.15, 0.2) is 0 Å². The minimum atomic E-state index is -0.199. The highest BCUT2D eigenvalue weighted by atomic mass is 16.5. The van der Waals surface area contributed by atoms with E-state index in [0.29, 0.717) is 18.1 Å². The highest BCUT2D eigenvalue weighted by molar-refractivity contribution is 5.95. The summed E-state index contributed by atoms with van der Waals surface area (Å²) in [6.07, 6.45) is 0.835. The fourth-order valence-electron chi connectivity index (χ4n) is 1.67. The topological polar surface area (TPSA) is 50.7 Å². The van der Waals surface area contributed by atoms with E-state index in [1.165, 1.54) is 0 Å². The summed E-state index contributed by atoms with van der Waals surface area (Å²) >= 11 is 0. The maximum atomic E-state index is 11.9. The smallest absolute Gasteiger partial charge is 0.271 e. The monoisotopic (exact) mass is 262 g/mol. The van der Waals surface area contributed by atoms with Crippen molar-refractivity contribution in [2.45, 2.75) is 34.1 Å². The van der Waals surface area contributed by atoms with Crippen LogP contribution in [0.5, 0.6) is 5.75 Å². The van der Waals surface area contributed by atoms with Gasteiger partial charge in [-0.1, -0.05) is 20.8 Å². The van der Waals surface area contributed by atoms with Crippen LogP contribution >= 0.6 is 0 Å². The molecule has 1 amide bonds. The van der Waals surface area contributed by atoms with Gasteiger partial charge in [0.25, 0.3) is 5.91 Å². The molecule has 0 unspecified atom stereocenters. The number of amides is 1. The Hall–Kier alpha value is -1.84. The lowest BCUT2D eigenvalue weighted by atomic mass is 10.1. The molecule has 4 heteroatoms. The van der Waals surface area contributed by atoms with E-state index >= 15 is 0 Å². The van der Waals surface area contributed by atoms with E-state index in [2.05, 4.69) is 24.4 Å². The van der Waals surface area contributed by atoms with Crippen LogP contribution < -0.4 is 10.2 Å². The number of benzene rings is 1. The second kappa shape index (κ2) is 7.56. The molecule has 1 rings (SSSR count). The van der Waals surface area contributed by atoms with Gasteiger partial charge in [-0.2, -0.15) is 5.10 Å². The molecule has 19 heavy (non-hydrogen) atoms. The summed E-state index contributed by atoms with van der Waals surface area (Å²) in [6.45, 7) is 8.69. The van der Waals surface area contributed by atoms with E-state index in [1.807, 2.05) is 13.8 Å². The number of nitrogens with zero attached hydrogens (tertiary/aromatic N) is 1. The molecule has 0 spiro atoms. The van der Waals surface area contributed by atoms with Crippen LogP contribution in [0.25, 0.3) is 0 Å². The number of hydrogen-bond donors (Lipinski definition) is 1. The normalized spacial score (nSPS) is 11.5. The number of rotatable bonds is 6. The van der Waals surface area contributed by atoms with Crippen molar-refractivity contribution in [3.63, 3.8) is 0 Å². The van der Waals surface area contributed by atoms with Crippen molar-refractivity contribution in [3.8, 4) is 5.75 Å². The van der Waals surface area contributed by atoms with Gasteiger partial charge >= 0.3 is 0 Å². The van der Waals surface area contributed by atoms with Gasteiger partial charge in [0.2, 0.25) is 0 Å². The average molecular weight is 262 g/mol. The molecule has 0 fully saturated rings. The molecular weight excluding hydrogens is 240 g/mol. The van der Waals surface area contributed by atoms with E-state index in [1.54, 1.807) is 24.3 Å². The summed E-state index contributed by atoms with van der Waals surface area (Å²) in [5.74, 6) is 0.902. The van der Waals surface area contributed by atoms with Crippen LogP contribution in [0.1, 0.15) is 44.5 Å². The molecule has 0 aliphatic carbocycles. The molecule has 0 atom stereocenters. The first-order valence-electron chi connectivity index (χ1n) is 6.68. The lowest BCUT2D eigenvalue weighted by Gasteiger charge is -2.08. The van der Waals surface area contributed by atoms with E-state index in [-0.39, 0.29) is 5.91 Å². The standard InChI is InChI=1S/C15H22N2O2/c1-5-14(11(3)4)16-17-15(18)12-7-9-13(10-8-12)19-6-2/h7-11H,5-6H2,1-4H3,(H,17,18)/b16-14-. The molecule has 0 aliphatic heterocycles. The summed E-state index contributed by atoms with van der Waals surface area (Å²) in [4.78, 5) is 11.9. The Balaban J connectivity index is 2.67. The number of nitrogens with one attached hydrogen (secondary N) is 1. The Morgan fingerprint density at radius 3 is 2.37 bits per heavy atom. The third-order valence-corrected chi connectivity index (χ3v) is 2.76. The summed E-state index contributed by atoms with van der Waals surface area (Å²) in [5, 5.41) is 4.16.